The molecule has 7 nitrogen and oxygen atoms in total. The van der Waals surface area contributed by atoms with Crippen molar-refractivity contribution in [1.29, 1.82) is 0 Å². The second-order valence-electron chi connectivity index (χ2n) is 7.56. The molecular formula is C25H31N5O2. The van der Waals surface area contributed by atoms with Crippen LogP contribution < -0.4 is 16.0 Å². The van der Waals surface area contributed by atoms with Crippen molar-refractivity contribution in [2.24, 2.45) is 4.99 Å². The summed E-state index contributed by atoms with van der Waals surface area (Å²) in [5, 5.41) is 9.46. The van der Waals surface area contributed by atoms with Crippen molar-refractivity contribution in [3.63, 3.8) is 0 Å². The van der Waals surface area contributed by atoms with E-state index >= 15 is 0 Å². The van der Waals surface area contributed by atoms with Crippen LogP contribution in [0.15, 0.2) is 64.2 Å². The summed E-state index contributed by atoms with van der Waals surface area (Å²) in [6.45, 7) is 7.78. The first-order valence-electron chi connectivity index (χ1n) is 11.0. The number of hydrogen-bond donors (Lipinski definition) is 3. The second-order valence-corrected chi connectivity index (χ2v) is 7.56. The van der Waals surface area contributed by atoms with Crippen molar-refractivity contribution in [1.82, 2.24) is 15.6 Å². The van der Waals surface area contributed by atoms with Gasteiger partial charge >= 0.3 is 0 Å². The Bertz CT molecular complexity index is 1040. The third-order valence-electron chi connectivity index (χ3n) is 4.74. The van der Waals surface area contributed by atoms with E-state index in [1.165, 1.54) is 5.56 Å². The standard InChI is InChI=1S/C25H31N5O2/c1-4-7-23(31)29-21-9-6-8-19(14-21)15-27-25(26-5-2)28-16-22-17-32-24(30-22)20-12-10-18(3)11-13-20/h6,8-14,17H,4-5,7,15-16H2,1-3H3,(H,29,31)(H2,26,27,28). The number of nitrogens with one attached hydrogen (secondary N) is 3. The zero-order valence-corrected chi connectivity index (χ0v) is 18.9. The number of anilines is 1. The molecule has 0 unspecified atom stereocenters. The first kappa shape index (κ1) is 23.1. The van der Waals surface area contributed by atoms with Gasteiger partial charge in [0.05, 0.1) is 18.8 Å². The number of amides is 1. The molecule has 3 rings (SSSR count). The molecule has 0 bridgehead atoms. The Morgan fingerprint density at radius 1 is 1.09 bits per heavy atom. The lowest BCUT2D eigenvalue weighted by atomic mass is 10.1. The normalized spacial score (nSPS) is 11.3. The molecule has 7 heteroatoms. The van der Waals surface area contributed by atoms with Crippen LogP contribution in [0.5, 0.6) is 0 Å². The molecule has 2 aromatic carbocycles. The highest BCUT2D eigenvalue weighted by atomic mass is 16.3. The van der Waals surface area contributed by atoms with Crippen LogP contribution in [0.1, 0.15) is 43.5 Å². The van der Waals surface area contributed by atoms with E-state index in [1.807, 2.05) is 62.4 Å². The van der Waals surface area contributed by atoms with Crippen molar-refractivity contribution >= 4 is 17.6 Å². The van der Waals surface area contributed by atoms with Gasteiger partial charge in [-0.1, -0.05) is 36.8 Å². The lowest BCUT2D eigenvalue weighted by molar-refractivity contribution is -0.116. The van der Waals surface area contributed by atoms with Crippen molar-refractivity contribution in [3.8, 4) is 11.5 Å². The van der Waals surface area contributed by atoms with Gasteiger partial charge in [-0.2, -0.15) is 0 Å². The third kappa shape index (κ3) is 6.97. The van der Waals surface area contributed by atoms with E-state index in [0.717, 1.165) is 35.5 Å². The minimum atomic E-state index is 0.0285. The molecule has 3 aromatic rings. The number of oxazole rings is 1. The van der Waals surface area contributed by atoms with Crippen molar-refractivity contribution in [2.45, 2.75) is 46.7 Å². The lowest BCUT2D eigenvalue weighted by Crippen LogP contribution is -2.36. The van der Waals surface area contributed by atoms with Gasteiger partial charge in [0.2, 0.25) is 11.8 Å². The highest BCUT2D eigenvalue weighted by Crippen LogP contribution is 2.19. The summed E-state index contributed by atoms with van der Waals surface area (Å²) in [7, 11) is 0. The number of guanidine groups is 1. The fraction of sp³-hybridized carbons (Fsp3) is 0.320. The third-order valence-corrected chi connectivity index (χ3v) is 4.74. The number of aryl methyl sites for hydroxylation is 1. The van der Waals surface area contributed by atoms with E-state index in [0.29, 0.717) is 31.4 Å². The van der Waals surface area contributed by atoms with Gasteiger partial charge in [0, 0.05) is 24.2 Å². The molecule has 1 aromatic heterocycles. The van der Waals surface area contributed by atoms with Crippen LogP contribution >= 0.6 is 0 Å². The van der Waals surface area contributed by atoms with Gasteiger partial charge in [-0.3, -0.25) is 4.79 Å². The summed E-state index contributed by atoms with van der Waals surface area (Å²) < 4.78 is 5.63. The van der Waals surface area contributed by atoms with Gasteiger partial charge in [-0.25, -0.2) is 9.98 Å². The molecule has 0 atom stereocenters. The van der Waals surface area contributed by atoms with Gasteiger partial charge in [-0.05, 0) is 50.1 Å². The van der Waals surface area contributed by atoms with Crippen molar-refractivity contribution in [2.75, 3.05) is 11.9 Å². The van der Waals surface area contributed by atoms with E-state index < -0.39 is 0 Å². The molecule has 0 fully saturated rings. The largest absolute Gasteiger partial charge is 0.444 e. The minimum absolute atomic E-state index is 0.0285. The van der Waals surface area contributed by atoms with Crippen LogP contribution in [0.4, 0.5) is 5.69 Å². The number of carbonyl (C=O) groups excluding carboxylic acids is 1. The predicted octanol–water partition coefficient (Wildman–Crippen LogP) is 4.64. The summed E-state index contributed by atoms with van der Waals surface area (Å²) in [6.07, 6.45) is 3.00. The summed E-state index contributed by atoms with van der Waals surface area (Å²) >= 11 is 0. The topological polar surface area (TPSA) is 91.5 Å². The number of aliphatic imine (C=N–C) groups is 1. The Kier molecular flexibility index (Phi) is 8.43. The Labute approximate surface area is 189 Å². The molecule has 32 heavy (non-hydrogen) atoms. The Balaban J connectivity index is 1.60. The quantitative estimate of drug-likeness (QED) is 0.338. The van der Waals surface area contributed by atoms with E-state index in [9.17, 15) is 4.79 Å². The first-order valence-corrected chi connectivity index (χ1v) is 11.0. The average Bonchev–Trinajstić information content (AvgIpc) is 3.25. The zero-order valence-electron chi connectivity index (χ0n) is 18.9. The van der Waals surface area contributed by atoms with Gasteiger partial charge < -0.3 is 20.4 Å². The summed E-state index contributed by atoms with van der Waals surface area (Å²) in [5.41, 5.74) is 4.75. The van der Waals surface area contributed by atoms with Gasteiger partial charge in [0.1, 0.15) is 6.26 Å². The molecule has 0 aliphatic rings. The maximum Gasteiger partial charge on any atom is 0.226 e. The molecule has 0 spiro atoms. The van der Waals surface area contributed by atoms with E-state index in [1.54, 1.807) is 6.26 Å². The highest BCUT2D eigenvalue weighted by Gasteiger charge is 2.08. The molecule has 0 saturated carbocycles. The summed E-state index contributed by atoms with van der Waals surface area (Å²) in [6, 6.07) is 15.8. The molecule has 1 amide bonds. The molecular weight excluding hydrogens is 402 g/mol. The van der Waals surface area contributed by atoms with Crippen LogP contribution in [0.2, 0.25) is 0 Å². The monoisotopic (exact) mass is 433 g/mol. The predicted molar refractivity (Wildman–Crippen MR) is 128 cm³/mol. The number of aromatic nitrogens is 1. The van der Waals surface area contributed by atoms with Crippen LogP contribution in [0.25, 0.3) is 11.5 Å². The number of carbonyl (C=O) groups is 1. The Morgan fingerprint density at radius 3 is 2.66 bits per heavy atom. The fourth-order valence-corrected chi connectivity index (χ4v) is 3.10. The maximum absolute atomic E-state index is 11.8. The maximum atomic E-state index is 11.8. The SMILES string of the molecule is CCCC(=O)Nc1cccc(CN=C(NCC)NCc2coc(-c3ccc(C)cc3)n2)c1. The number of benzene rings is 2. The molecule has 1 heterocycles. The van der Waals surface area contributed by atoms with E-state index in [-0.39, 0.29) is 5.91 Å². The first-order chi connectivity index (χ1) is 15.6. The molecule has 0 radical (unpaired) electrons. The van der Waals surface area contributed by atoms with Crippen LogP contribution in [0, 0.1) is 6.92 Å². The lowest BCUT2D eigenvalue weighted by Gasteiger charge is -2.10. The zero-order chi connectivity index (χ0) is 22.8. The van der Waals surface area contributed by atoms with Crippen LogP contribution in [-0.2, 0) is 17.9 Å². The van der Waals surface area contributed by atoms with Crippen LogP contribution in [-0.4, -0.2) is 23.4 Å². The molecule has 0 saturated heterocycles. The van der Waals surface area contributed by atoms with Gasteiger partial charge in [-0.15, -0.1) is 0 Å². The average molecular weight is 434 g/mol. The van der Waals surface area contributed by atoms with Gasteiger partial charge in [0.25, 0.3) is 0 Å². The Hall–Kier alpha value is -3.61. The van der Waals surface area contributed by atoms with Crippen molar-refractivity contribution < 1.29 is 9.21 Å². The smallest absolute Gasteiger partial charge is 0.226 e. The fourth-order valence-electron chi connectivity index (χ4n) is 3.10. The molecule has 3 N–H and O–H groups in total. The number of hydrogen-bond acceptors (Lipinski definition) is 4. The Morgan fingerprint density at radius 2 is 1.91 bits per heavy atom. The highest BCUT2D eigenvalue weighted by molar-refractivity contribution is 5.90. The number of rotatable bonds is 9. The molecule has 168 valence electrons. The molecule has 0 aliphatic carbocycles. The summed E-state index contributed by atoms with van der Waals surface area (Å²) in [5.74, 6) is 1.32. The van der Waals surface area contributed by atoms with Crippen molar-refractivity contribution in [3.05, 3.63) is 71.6 Å². The summed E-state index contributed by atoms with van der Waals surface area (Å²) in [4.78, 5) is 21.0. The molecule has 0 aliphatic heterocycles. The van der Waals surface area contributed by atoms with Gasteiger partial charge in [0.15, 0.2) is 5.96 Å². The minimum Gasteiger partial charge on any atom is -0.444 e. The number of nitrogens with zero attached hydrogens (tertiary/aromatic N) is 2. The second kappa shape index (κ2) is 11.7. The van der Waals surface area contributed by atoms with E-state index in [4.69, 9.17) is 4.42 Å². The van der Waals surface area contributed by atoms with Crippen LogP contribution in [0.3, 0.4) is 0 Å². The van der Waals surface area contributed by atoms with E-state index in [2.05, 4.69) is 32.9 Å².